The number of halogens is 1. The number of nitrogens with zero attached hydrogens (tertiary/aromatic N) is 5. The molecule has 1 aromatic heterocycles. The second-order valence-electron chi connectivity index (χ2n) is 10.2. The molecule has 1 amide bonds. The first kappa shape index (κ1) is 25.6. The minimum absolute atomic E-state index is 0.108. The number of amides is 1. The third kappa shape index (κ3) is 5.49. The van der Waals surface area contributed by atoms with Crippen LogP contribution in [-0.2, 0) is 20.1 Å². The Balaban J connectivity index is 1.19. The van der Waals surface area contributed by atoms with E-state index in [0.717, 1.165) is 67.8 Å². The molecule has 7 nitrogen and oxygen atoms in total. The van der Waals surface area contributed by atoms with Crippen LogP contribution in [0, 0.1) is 0 Å². The lowest BCUT2D eigenvalue weighted by Crippen LogP contribution is -2.54. The van der Waals surface area contributed by atoms with Crippen LogP contribution in [0.5, 0.6) is 0 Å². The number of anilines is 2. The van der Waals surface area contributed by atoms with Crippen molar-refractivity contribution in [3.05, 3.63) is 82.6 Å². The monoisotopic (exact) mass is 520 g/mol. The maximum Gasteiger partial charge on any atom is 0.270 e. The van der Waals surface area contributed by atoms with Crippen LogP contribution in [-0.4, -0.2) is 72.1 Å². The summed E-state index contributed by atoms with van der Waals surface area (Å²) in [5.74, 6) is 0.108. The quantitative estimate of drug-likeness (QED) is 0.535. The van der Waals surface area contributed by atoms with Gasteiger partial charge in [0, 0.05) is 83.9 Å². The van der Waals surface area contributed by atoms with Crippen molar-refractivity contribution in [2.45, 2.75) is 26.1 Å². The van der Waals surface area contributed by atoms with E-state index in [9.17, 15) is 4.79 Å². The molecular formula is C29H37ClN6O. The molecular weight excluding hydrogens is 484 g/mol. The van der Waals surface area contributed by atoms with Crippen LogP contribution < -0.4 is 15.5 Å². The molecule has 2 aliphatic heterocycles. The molecule has 2 aromatic carbocycles. The van der Waals surface area contributed by atoms with E-state index in [-0.39, 0.29) is 11.9 Å². The lowest BCUT2D eigenvalue weighted by Gasteiger charge is -2.41. The topological polar surface area (TPSA) is 61.0 Å². The van der Waals surface area contributed by atoms with Crippen molar-refractivity contribution in [3.63, 3.8) is 0 Å². The van der Waals surface area contributed by atoms with Crippen LogP contribution in [0.1, 0.15) is 28.5 Å². The van der Waals surface area contributed by atoms with Crippen LogP contribution in [0.25, 0.3) is 0 Å². The molecule has 2 N–H and O–H groups in total. The molecule has 0 unspecified atom stereocenters. The number of aromatic nitrogens is 1. The first-order valence-electron chi connectivity index (χ1n) is 13.2. The van der Waals surface area contributed by atoms with Gasteiger partial charge in [0.1, 0.15) is 5.69 Å². The maximum absolute atomic E-state index is 13.6. The van der Waals surface area contributed by atoms with Crippen molar-refractivity contribution >= 4 is 28.9 Å². The van der Waals surface area contributed by atoms with Crippen molar-refractivity contribution in [3.8, 4) is 0 Å². The Hall–Kier alpha value is -3.00. The minimum Gasteiger partial charge on any atom is -0.368 e. The summed E-state index contributed by atoms with van der Waals surface area (Å²) in [7, 11) is 1.98. The third-order valence-electron chi connectivity index (χ3n) is 7.69. The second kappa shape index (κ2) is 11.2. The molecule has 1 atom stereocenters. The molecule has 196 valence electrons. The van der Waals surface area contributed by atoms with Gasteiger partial charge in [-0.2, -0.15) is 0 Å². The SMILES string of the molecule is C[C@H]1CN(c2ccccc2CN)CCN1C(=O)c1cc(CN2CCN(c3ccccc3Cl)CC2)cn1C. The minimum atomic E-state index is 0.108. The Labute approximate surface area is 225 Å². The summed E-state index contributed by atoms with van der Waals surface area (Å²) < 4.78 is 1.99. The summed E-state index contributed by atoms with van der Waals surface area (Å²) >= 11 is 6.40. The fraction of sp³-hybridized carbons (Fsp3) is 0.414. The highest BCUT2D eigenvalue weighted by atomic mass is 35.5. The van der Waals surface area contributed by atoms with E-state index < -0.39 is 0 Å². The average Bonchev–Trinajstić information content (AvgIpc) is 3.28. The Bertz CT molecular complexity index is 1230. The number of hydrogen-bond donors (Lipinski definition) is 1. The van der Waals surface area contributed by atoms with Crippen LogP contribution in [0.2, 0.25) is 5.02 Å². The number of hydrogen-bond acceptors (Lipinski definition) is 5. The van der Waals surface area contributed by atoms with Gasteiger partial charge < -0.3 is 25.0 Å². The lowest BCUT2D eigenvalue weighted by molar-refractivity contribution is 0.0664. The Morgan fingerprint density at radius 3 is 2.32 bits per heavy atom. The summed E-state index contributed by atoms with van der Waals surface area (Å²) in [4.78, 5) is 22.7. The standard InChI is InChI=1S/C29H37ClN6O/c1-22-19-35(26-9-5-3-7-24(26)18-31)15-16-36(22)29(37)28-17-23(20-32(28)2)21-33-11-13-34(14-12-33)27-10-6-4-8-25(27)30/h3-10,17,20,22H,11-16,18-19,21,31H2,1-2H3/t22-/m0/s1. The molecule has 2 saturated heterocycles. The number of rotatable bonds is 6. The molecule has 0 saturated carbocycles. The maximum atomic E-state index is 13.6. The van der Waals surface area contributed by atoms with Crippen molar-refractivity contribution in [2.24, 2.45) is 12.8 Å². The van der Waals surface area contributed by atoms with E-state index in [1.807, 2.05) is 40.8 Å². The highest BCUT2D eigenvalue weighted by molar-refractivity contribution is 6.33. The van der Waals surface area contributed by atoms with Crippen LogP contribution in [0.15, 0.2) is 60.8 Å². The number of carbonyl (C=O) groups is 1. The zero-order chi connectivity index (χ0) is 25.9. The summed E-state index contributed by atoms with van der Waals surface area (Å²) in [6.07, 6.45) is 2.10. The van der Waals surface area contributed by atoms with Crippen molar-refractivity contribution in [1.82, 2.24) is 14.4 Å². The molecule has 0 radical (unpaired) electrons. The molecule has 5 rings (SSSR count). The van der Waals surface area contributed by atoms with Crippen molar-refractivity contribution < 1.29 is 4.79 Å². The summed E-state index contributed by atoms with van der Waals surface area (Å²) in [5.41, 5.74) is 11.3. The first-order valence-corrected chi connectivity index (χ1v) is 13.5. The van der Waals surface area contributed by atoms with Crippen molar-refractivity contribution in [2.75, 3.05) is 55.6 Å². The Kier molecular flexibility index (Phi) is 7.74. The molecule has 37 heavy (non-hydrogen) atoms. The van der Waals surface area contributed by atoms with E-state index in [1.165, 1.54) is 11.3 Å². The van der Waals surface area contributed by atoms with Crippen molar-refractivity contribution in [1.29, 1.82) is 0 Å². The van der Waals surface area contributed by atoms with Gasteiger partial charge in [-0.1, -0.05) is 41.9 Å². The fourth-order valence-corrected chi connectivity index (χ4v) is 5.92. The van der Waals surface area contributed by atoms with Crippen LogP contribution in [0.4, 0.5) is 11.4 Å². The smallest absolute Gasteiger partial charge is 0.270 e. The Morgan fingerprint density at radius 1 is 0.946 bits per heavy atom. The van der Waals surface area contributed by atoms with Gasteiger partial charge >= 0.3 is 0 Å². The van der Waals surface area contributed by atoms with Gasteiger partial charge in [0.2, 0.25) is 0 Å². The Morgan fingerprint density at radius 2 is 1.62 bits per heavy atom. The van der Waals surface area contributed by atoms with Gasteiger partial charge in [0.25, 0.3) is 5.91 Å². The second-order valence-corrected chi connectivity index (χ2v) is 10.6. The first-order chi connectivity index (χ1) is 17.9. The summed E-state index contributed by atoms with van der Waals surface area (Å²) in [6, 6.07) is 18.5. The van der Waals surface area contributed by atoms with Crippen LogP contribution >= 0.6 is 11.6 Å². The van der Waals surface area contributed by atoms with Gasteiger partial charge in [0.05, 0.1) is 10.7 Å². The number of aryl methyl sites for hydroxylation is 1. The van der Waals surface area contributed by atoms with E-state index in [0.29, 0.717) is 13.1 Å². The van der Waals surface area contributed by atoms with Gasteiger partial charge in [-0.05, 0) is 42.3 Å². The molecule has 2 aliphatic rings. The average molecular weight is 521 g/mol. The normalized spacial score (nSPS) is 18.9. The predicted octanol–water partition coefficient (Wildman–Crippen LogP) is 3.81. The molecule has 3 heterocycles. The number of nitrogens with two attached hydrogens (primary N) is 1. The molecule has 8 heteroatoms. The fourth-order valence-electron chi connectivity index (χ4n) is 5.66. The van der Waals surface area contributed by atoms with Crippen LogP contribution in [0.3, 0.4) is 0 Å². The van der Waals surface area contributed by atoms with E-state index >= 15 is 0 Å². The lowest BCUT2D eigenvalue weighted by atomic mass is 10.1. The highest BCUT2D eigenvalue weighted by Crippen LogP contribution is 2.27. The predicted molar refractivity (Wildman–Crippen MR) is 151 cm³/mol. The van der Waals surface area contributed by atoms with Gasteiger partial charge in [-0.25, -0.2) is 0 Å². The van der Waals surface area contributed by atoms with E-state index in [2.05, 4.69) is 58.2 Å². The van der Waals surface area contributed by atoms with E-state index in [1.54, 1.807) is 0 Å². The number of piperazine rings is 2. The summed E-state index contributed by atoms with van der Waals surface area (Å²) in [5, 5.41) is 0.806. The number of benzene rings is 2. The number of carbonyl (C=O) groups excluding carboxylic acids is 1. The number of para-hydroxylation sites is 2. The third-order valence-corrected chi connectivity index (χ3v) is 8.01. The zero-order valence-corrected chi connectivity index (χ0v) is 22.6. The zero-order valence-electron chi connectivity index (χ0n) is 21.8. The van der Waals surface area contributed by atoms with E-state index in [4.69, 9.17) is 17.3 Å². The summed E-state index contributed by atoms with van der Waals surface area (Å²) in [6.45, 7) is 9.62. The van der Waals surface area contributed by atoms with Gasteiger partial charge in [-0.3, -0.25) is 9.69 Å². The largest absolute Gasteiger partial charge is 0.368 e. The van der Waals surface area contributed by atoms with Gasteiger partial charge in [-0.15, -0.1) is 0 Å². The molecule has 0 bridgehead atoms. The van der Waals surface area contributed by atoms with Gasteiger partial charge in [0.15, 0.2) is 0 Å². The highest BCUT2D eigenvalue weighted by Gasteiger charge is 2.30. The molecule has 0 aliphatic carbocycles. The molecule has 0 spiro atoms. The molecule has 3 aromatic rings. The molecule has 2 fully saturated rings.